The number of benzene rings is 1. The fraction of sp³-hybridized carbons (Fsp3) is 0.611. The first-order valence-corrected chi connectivity index (χ1v) is 8.60. The lowest BCUT2D eigenvalue weighted by Gasteiger charge is -2.31. The number of hydrogen-bond acceptors (Lipinski definition) is 3. The molecule has 1 saturated carbocycles. The van der Waals surface area contributed by atoms with Crippen molar-refractivity contribution in [2.45, 2.75) is 63.3 Å². The third kappa shape index (κ3) is 4.09. The summed E-state index contributed by atoms with van der Waals surface area (Å²) in [5.74, 6) is -0.216. The predicted molar refractivity (Wildman–Crippen MR) is 86.2 cm³/mol. The smallest absolute Gasteiger partial charge is 0.237 e. The van der Waals surface area contributed by atoms with Crippen LogP contribution >= 0.6 is 0 Å². The van der Waals surface area contributed by atoms with E-state index in [2.05, 4.69) is 10.2 Å². The van der Waals surface area contributed by atoms with Crippen LogP contribution in [0, 0.1) is 5.82 Å². The summed E-state index contributed by atoms with van der Waals surface area (Å²) in [4.78, 5) is 14.7. The van der Waals surface area contributed by atoms with E-state index in [9.17, 15) is 14.3 Å². The van der Waals surface area contributed by atoms with Gasteiger partial charge >= 0.3 is 0 Å². The van der Waals surface area contributed by atoms with Gasteiger partial charge in [0, 0.05) is 6.54 Å². The first-order chi connectivity index (χ1) is 11.1. The SMILES string of the molecule is O=C(NC1CCCCC1O)C1CCCN1Cc1ccc(F)cc1. The van der Waals surface area contributed by atoms with E-state index >= 15 is 0 Å². The molecule has 1 heterocycles. The van der Waals surface area contributed by atoms with Crippen LogP contribution in [-0.4, -0.2) is 40.6 Å². The molecule has 126 valence electrons. The summed E-state index contributed by atoms with van der Waals surface area (Å²) >= 11 is 0. The van der Waals surface area contributed by atoms with Crippen molar-refractivity contribution in [3.63, 3.8) is 0 Å². The minimum absolute atomic E-state index is 0.0237. The molecule has 1 aliphatic heterocycles. The number of hydrogen-bond donors (Lipinski definition) is 2. The zero-order chi connectivity index (χ0) is 16.2. The highest BCUT2D eigenvalue weighted by molar-refractivity contribution is 5.82. The molecule has 1 aromatic rings. The highest BCUT2D eigenvalue weighted by Gasteiger charge is 2.33. The molecule has 3 unspecified atom stereocenters. The summed E-state index contributed by atoms with van der Waals surface area (Å²) in [6, 6.07) is 6.21. The topological polar surface area (TPSA) is 52.6 Å². The molecule has 1 aliphatic carbocycles. The summed E-state index contributed by atoms with van der Waals surface area (Å²) < 4.78 is 13.0. The van der Waals surface area contributed by atoms with Crippen LogP contribution in [0.3, 0.4) is 0 Å². The van der Waals surface area contributed by atoms with Gasteiger partial charge in [0.2, 0.25) is 5.91 Å². The van der Waals surface area contributed by atoms with Crippen LogP contribution < -0.4 is 5.32 Å². The molecule has 4 nitrogen and oxygen atoms in total. The fourth-order valence-electron chi connectivity index (χ4n) is 3.70. The lowest BCUT2D eigenvalue weighted by atomic mass is 9.92. The molecule has 0 bridgehead atoms. The van der Waals surface area contributed by atoms with Crippen LogP contribution in [0.4, 0.5) is 4.39 Å². The number of carbonyl (C=O) groups excluding carboxylic acids is 1. The third-order valence-corrected chi connectivity index (χ3v) is 5.02. The molecule has 1 amide bonds. The Morgan fingerprint density at radius 1 is 1.17 bits per heavy atom. The second-order valence-electron chi connectivity index (χ2n) is 6.72. The van der Waals surface area contributed by atoms with Crippen molar-refractivity contribution in [3.8, 4) is 0 Å². The van der Waals surface area contributed by atoms with E-state index in [1.54, 1.807) is 12.1 Å². The maximum Gasteiger partial charge on any atom is 0.237 e. The van der Waals surface area contributed by atoms with Gasteiger partial charge < -0.3 is 10.4 Å². The first kappa shape index (κ1) is 16.4. The summed E-state index contributed by atoms with van der Waals surface area (Å²) in [6.07, 6.45) is 5.15. The van der Waals surface area contributed by atoms with Crippen molar-refractivity contribution < 1.29 is 14.3 Å². The van der Waals surface area contributed by atoms with E-state index in [4.69, 9.17) is 0 Å². The largest absolute Gasteiger partial charge is 0.391 e. The van der Waals surface area contributed by atoms with E-state index in [1.807, 2.05) is 0 Å². The van der Waals surface area contributed by atoms with Gasteiger partial charge in [0.15, 0.2) is 0 Å². The van der Waals surface area contributed by atoms with Crippen LogP contribution in [-0.2, 0) is 11.3 Å². The lowest BCUT2D eigenvalue weighted by Crippen LogP contribution is -2.51. The van der Waals surface area contributed by atoms with Gasteiger partial charge in [-0.1, -0.05) is 25.0 Å². The Bertz CT molecular complexity index is 534. The van der Waals surface area contributed by atoms with Crippen LogP contribution in [0.2, 0.25) is 0 Å². The molecule has 23 heavy (non-hydrogen) atoms. The number of aliphatic hydroxyl groups excluding tert-OH is 1. The third-order valence-electron chi connectivity index (χ3n) is 5.02. The fourth-order valence-corrected chi connectivity index (χ4v) is 3.70. The predicted octanol–water partition coefficient (Wildman–Crippen LogP) is 2.21. The maximum absolute atomic E-state index is 13.0. The monoisotopic (exact) mass is 320 g/mol. The number of likely N-dealkylation sites (tertiary alicyclic amines) is 1. The second kappa shape index (κ2) is 7.41. The van der Waals surface area contributed by atoms with Crippen molar-refractivity contribution in [2.24, 2.45) is 0 Å². The Morgan fingerprint density at radius 2 is 1.91 bits per heavy atom. The van der Waals surface area contributed by atoms with E-state index in [1.165, 1.54) is 12.1 Å². The van der Waals surface area contributed by atoms with Crippen molar-refractivity contribution in [3.05, 3.63) is 35.6 Å². The standard InChI is InChI=1S/C18H25FN2O2/c19-14-9-7-13(8-10-14)12-21-11-3-5-16(21)18(23)20-15-4-1-2-6-17(15)22/h7-10,15-17,22H,1-6,11-12H2,(H,20,23). The van der Waals surface area contributed by atoms with Crippen molar-refractivity contribution in [1.82, 2.24) is 10.2 Å². The lowest BCUT2D eigenvalue weighted by molar-refractivity contribution is -0.127. The molecule has 3 atom stereocenters. The van der Waals surface area contributed by atoms with E-state index in [0.717, 1.165) is 50.6 Å². The average molecular weight is 320 g/mol. The van der Waals surface area contributed by atoms with Crippen LogP contribution in [0.5, 0.6) is 0 Å². The van der Waals surface area contributed by atoms with Gasteiger partial charge in [-0.2, -0.15) is 0 Å². The molecule has 0 radical (unpaired) electrons. The van der Waals surface area contributed by atoms with E-state index in [0.29, 0.717) is 6.54 Å². The van der Waals surface area contributed by atoms with Gasteiger partial charge in [0.05, 0.1) is 18.2 Å². The van der Waals surface area contributed by atoms with E-state index in [-0.39, 0.29) is 23.8 Å². The Hall–Kier alpha value is -1.46. The molecule has 2 N–H and O–H groups in total. The molecule has 1 saturated heterocycles. The molecular weight excluding hydrogens is 295 g/mol. The second-order valence-corrected chi connectivity index (χ2v) is 6.72. The molecule has 5 heteroatoms. The number of amides is 1. The Labute approximate surface area is 136 Å². The molecule has 3 rings (SSSR count). The Morgan fingerprint density at radius 3 is 2.65 bits per heavy atom. The molecule has 2 aliphatic rings. The van der Waals surface area contributed by atoms with Gasteiger partial charge in [0.1, 0.15) is 5.82 Å². The average Bonchev–Trinajstić information content (AvgIpc) is 3.00. The minimum atomic E-state index is -0.417. The van der Waals surface area contributed by atoms with Crippen molar-refractivity contribution in [2.75, 3.05) is 6.54 Å². The summed E-state index contributed by atoms with van der Waals surface area (Å²) in [6.45, 7) is 1.54. The normalized spacial score (nSPS) is 28.7. The molecule has 2 fully saturated rings. The van der Waals surface area contributed by atoms with Crippen LogP contribution in [0.25, 0.3) is 0 Å². The summed E-state index contributed by atoms with van der Waals surface area (Å²) in [5, 5.41) is 13.1. The number of nitrogens with zero attached hydrogens (tertiary/aromatic N) is 1. The van der Waals surface area contributed by atoms with Crippen LogP contribution in [0.15, 0.2) is 24.3 Å². The zero-order valence-electron chi connectivity index (χ0n) is 13.4. The molecule has 1 aromatic carbocycles. The number of nitrogens with one attached hydrogen (secondary N) is 1. The Kier molecular flexibility index (Phi) is 5.28. The van der Waals surface area contributed by atoms with Crippen LogP contribution in [0.1, 0.15) is 44.1 Å². The number of aliphatic hydroxyl groups is 1. The van der Waals surface area contributed by atoms with Crippen molar-refractivity contribution >= 4 is 5.91 Å². The zero-order valence-corrected chi connectivity index (χ0v) is 13.4. The number of rotatable bonds is 4. The molecule has 0 aromatic heterocycles. The minimum Gasteiger partial charge on any atom is -0.391 e. The van der Waals surface area contributed by atoms with Gasteiger partial charge in [-0.05, 0) is 49.9 Å². The summed E-state index contributed by atoms with van der Waals surface area (Å²) in [7, 11) is 0. The van der Waals surface area contributed by atoms with E-state index < -0.39 is 6.10 Å². The first-order valence-electron chi connectivity index (χ1n) is 8.60. The highest BCUT2D eigenvalue weighted by atomic mass is 19.1. The number of carbonyl (C=O) groups is 1. The highest BCUT2D eigenvalue weighted by Crippen LogP contribution is 2.23. The van der Waals surface area contributed by atoms with Gasteiger partial charge in [-0.3, -0.25) is 9.69 Å². The quantitative estimate of drug-likeness (QED) is 0.894. The maximum atomic E-state index is 13.0. The Balaban J connectivity index is 1.59. The van der Waals surface area contributed by atoms with Gasteiger partial charge in [-0.15, -0.1) is 0 Å². The number of halogens is 1. The van der Waals surface area contributed by atoms with Gasteiger partial charge in [0.25, 0.3) is 0 Å². The van der Waals surface area contributed by atoms with Crippen molar-refractivity contribution in [1.29, 1.82) is 0 Å². The van der Waals surface area contributed by atoms with Gasteiger partial charge in [-0.25, -0.2) is 4.39 Å². The summed E-state index contributed by atoms with van der Waals surface area (Å²) in [5.41, 5.74) is 1.02. The molecule has 0 spiro atoms. The molecular formula is C18H25FN2O2.